The largest absolute Gasteiger partial charge is 0.466 e. The summed E-state index contributed by atoms with van der Waals surface area (Å²) in [6, 6.07) is 60.8. The second kappa shape index (κ2) is 37.9. The van der Waals surface area contributed by atoms with Crippen molar-refractivity contribution in [3.8, 4) is 46.0 Å². The third-order valence-electron chi connectivity index (χ3n) is 19.9. The van der Waals surface area contributed by atoms with Gasteiger partial charge in [0.05, 0.1) is 22.8 Å². The number of carbonyl (C=O) groups excluding carboxylic acids is 1. The van der Waals surface area contributed by atoms with Gasteiger partial charge in [0, 0.05) is 26.4 Å². The van der Waals surface area contributed by atoms with Crippen LogP contribution in [0.5, 0.6) is 46.0 Å². The number of aryl methyl sites for hydroxylation is 20. The van der Waals surface area contributed by atoms with Gasteiger partial charge in [-0.2, -0.15) is 0 Å². The molecule has 105 heavy (non-hydrogen) atoms. The monoisotopic (exact) mass is 1420 g/mol. The second-order valence-electron chi connectivity index (χ2n) is 28.1. The Labute approximate surface area is 633 Å². The van der Waals surface area contributed by atoms with E-state index in [9.17, 15) is 4.79 Å². The third-order valence-corrected chi connectivity index (χ3v) is 21.2. The molecular weight excluding hydrogens is 1310 g/mol. The lowest BCUT2D eigenvalue weighted by Crippen LogP contribution is -2.18. The van der Waals surface area contributed by atoms with Crippen molar-refractivity contribution in [2.45, 2.75) is 193 Å². The summed E-state index contributed by atoms with van der Waals surface area (Å²) in [6.07, 6.45) is 0. The van der Waals surface area contributed by atoms with Crippen molar-refractivity contribution in [1.29, 1.82) is 0 Å². The van der Waals surface area contributed by atoms with Gasteiger partial charge in [-0.1, -0.05) is 81.9 Å². The molecule has 0 atom stereocenters. The van der Waals surface area contributed by atoms with Crippen LogP contribution in [0.4, 0.5) is 5.69 Å². The Kier molecular flexibility index (Phi) is 30.2. The molecule has 3 aromatic heterocycles. The van der Waals surface area contributed by atoms with E-state index >= 15 is 0 Å². The Balaban J connectivity index is 0.000000212. The normalized spacial score (nSPS) is 10.5. The lowest BCUT2D eigenvalue weighted by Gasteiger charge is -2.26. The fourth-order valence-electron chi connectivity index (χ4n) is 10.8. The van der Waals surface area contributed by atoms with E-state index in [1.807, 2.05) is 183 Å². The third kappa shape index (κ3) is 23.9. The van der Waals surface area contributed by atoms with Gasteiger partial charge in [0.15, 0.2) is 0 Å². The van der Waals surface area contributed by atoms with E-state index in [-0.39, 0.29) is 18.7 Å². The standard InChI is InChI=1S/C31H32O2.C22H22O2.C17H19NO.C8H12N2.C8H12O.C8H12S.CH4/c1-21-7-13-29(19-23(21)3)32-27-15-9-25(10-16-27)31(5,6)26-11-17-28(18-12-26)33-30-14-8-22(2)24(4)20-30;1-15-5-7-21(13-17(15)3)23-19-9-11-20(12-10-19)24-22-8-6-16(2)18(4)14-22;1-11-5-7-15(9-13(11)3)17(19)18-16-8-6-12(2)14(4)10-16;1-5-6(2)10-8(4)7(3)9-5;2*1-5-6(2)8(4)9-7(5)3;/h7-20H,1-6H3;5-14H,1-4H3;5-10H,1-4H3,(H,18,19);1-4H3;2*1-4H3;1H4. The van der Waals surface area contributed by atoms with E-state index in [4.69, 9.17) is 23.4 Å². The summed E-state index contributed by atoms with van der Waals surface area (Å²) in [5.74, 6) is 8.73. The predicted octanol–water partition coefficient (Wildman–Crippen LogP) is 27.3. The SMILES string of the molecule is C.Cc1ccc(NC(=O)c2ccc(C)c(C)c2)cc1C.Cc1ccc(Oc2ccc(C(C)(C)c3ccc(Oc4ccc(C)c(C)c4)cc3)cc2)cc1C.Cc1ccc(Oc2ccc(Oc3ccc(C)c(C)c3)cc2)cc1C.Cc1nc(C)c(C)nc1C.Cc1oc(C)c(C)c1C.Cc1sc(C)c(C)c1C. The highest BCUT2D eigenvalue weighted by Crippen LogP contribution is 2.36. The molecule has 0 fully saturated rings. The molecule has 550 valence electrons. The zero-order valence-electron chi connectivity index (χ0n) is 66.6. The first kappa shape index (κ1) is 83.7. The smallest absolute Gasteiger partial charge is 0.255 e. The first-order chi connectivity index (χ1) is 49.1. The molecule has 3 heterocycles. The lowest BCUT2D eigenvalue weighted by atomic mass is 9.78. The first-order valence-electron chi connectivity index (χ1n) is 35.7. The van der Waals surface area contributed by atoms with Crippen LogP contribution in [0.2, 0.25) is 0 Å². The van der Waals surface area contributed by atoms with E-state index in [1.54, 1.807) is 0 Å². The number of benzene rings is 9. The molecule has 10 heteroatoms. The van der Waals surface area contributed by atoms with Gasteiger partial charge in [0.25, 0.3) is 5.91 Å². The number of aromatic nitrogens is 2. The van der Waals surface area contributed by atoms with E-state index in [0.717, 1.165) is 91.5 Å². The number of nitrogens with one attached hydrogen (secondary N) is 1. The van der Waals surface area contributed by atoms with Crippen LogP contribution in [0, 0.1) is 166 Å². The molecule has 9 aromatic carbocycles. The number of nitrogens with zero attached hydrogens (tertiary/aromatic N) is 2. The van der Waals surface area contributed by atoms with E-state index in [2.05, 4.69) is 206 Å². The highest BCUT2D eigenvalue weighted by atomic mass is 32.1. The predicted molar refractivity (Wildman–Crippen MR) is 444 cm³/mol. The zero-order valence-corrected chi connectivity index (χ0v) is 67.4. The number of hydrogen-bond acceptors (Lipinski definition) is 9. The van der Waals surface area contributed by atoms with Crippen molar-refractivity contribution in [1.82, 2.24) is 9.97 Å². The van der Waals surface area contributed by atoms with Crippen molar-refractivity contribution >= 4 is 22.9 Å². The molecular formula is C95H113N3O6S. The van der Waals surface area contributed by atoms with Gasteiger partial charge in [0.1, 0.15) is 57.5 Å². The maximum Gasteiger partial charge on any atom is 0.255 e. The maximum atomic E-state index is 12.2. The highest BCUT2D eigenvalue weighted by molar-refractivity contribution is 7.12. The van der Waals surface area contributed by atoms with Crippen molar-refractivity contribution in [3.05, 3.63) is 332 Å². The molecule has 12 rings (SSSR count). The van der Waals surface area contributed by atoms with Crippen LogP contribution in [0.15, 0.2) is 186 Å². The molecule has 0 aliphatic carbocycles. The Morgan fingerprint density at radius 3 is 0.819 bits per heavy atom. The van der Waals surface area contributed by atoms with Gasteiger partial charge in [0.2, 0.25) is 0 Å². The average Bonchev–Trinajstić information content (AvgIpc) is 1.47. The van der Waals surface area contributed by atoms with Crippen LogP contribution >= 0.6 is 11.3 Å². The molecule has 9 nitrogen and oxygen atoms in total. The molecule has 0 unspecified atom stereocenters. The molecule has 0 saturated carbocycles. The highest BCUT2D eigenvalue weighted by Gasteiger charge is 2.24. The summed E-state index contributed by atoms with van der Waals surface area (Å²) in [6.45, 7) is 54.3. The first-order valence-corrected chi connectivity index (χ1v) is 36.5. The molecule has 0 aliphatic heterocycles. The minimum atomic E-state index is -0.141. The van der Waals surface area contributed by atoms with Crippen LogP contribution < -0.4 is 24.3 Å². The average molecular weight is 1430 g/mol. The number of carbonyl (C=O) groups is 1. The number of rotatable bonds is 12. The summed E-state index contributed by atoms with van der Waals surface area (Å²) in [5.41, 5.74) is 28.2. The number of ether oxygens (including phenoxy) is 4. The summed E-state index contributed by atoms with van der Waals surface area (Å²) in [7, 11) is 0. The number of amides is 1. The molecule has 12 aromatic rings. The van der Waals surface area contributed by atoms with Gasteiger partial charge in [-0.15, -0.1) is 11.3 Å². The molecule has 0 aliphatic rings. The number of hydrogen-bond donors (Lipinski definition) is 1. The van der Waals surface area contributed by atoms with Gasteiger partial charge >= 0.3 is 0 Å². The van der Waals surface area contributed by atoms with E-state index in [1.165, 1.54) is 104 Å². The molecule has 0 bridgehead atoms. The van der Waals surface area contributed by atoms with Crippen LogP contribution in [-0.2, 0) is 5.41 Å². The van der Waals surface area contributed by atoms with Crippen molar-refractivity contribution in [3.63, 3.8) is 0 Å². The Bertz CT molecular complexity index is 4580. The molecule has 0 spiro atoms. The second-order valence-corrected chi connectivity index (χ2v) is 29.5. The molecule has 1 amide bonds. The van der Waals surface area contributed by atoms with Gasteiger partial charge < -0.3 is 28.7 Å². The number of anilines is 1. The maximum absolute atomic E-state index is 12.2. The molecule has 1 N–H and O–H groups in total. The van der Waals surface area contributed by atoms with Crippen molar-refractivity contribution < 1.29 is 28.2 Å². The fraction of sp³-hybridized carbons (Fsp3) is 0.295. The Morgan fingerprint density at radius 1 is 0.314 bits per heavy atom. The van der Waals surface area contributed by atoms with Gasteiger partial charge in [-0.05, 0) is 388 Å². The summed E-state index contributed by atoms with van der Waals surface area (Å²) in [5, 5.41) is 2.93. The zero-order chi connectivity index (χ0) is 76.4. The summed E-state index contributed by atoms with van der Waals surface area (Å²) in [4.78, 5) is 23.7. The van der Waals surface area contributed by atoms with Crippen LogP contribution in [0.3, 0.4) is 0 Å². The summed E-state index contributed by atoms with van der Waals surface area (Å²) >= 11 is 1.90. The summed E-state index contributed by atoms with van der Waals surface area (Å²) < 4.78 is 29.3. The lowest BCUT2D eigenvalue weighted by molar-refractivity contribution is 0.102. The van der Waals surface area contributed by atoms with Crippen LogP contribution in [-0.4, -0.2) is 15.9 Å². The van der Waals surface area contributed by atoms with Crippen molar-refractivity contribution in [2.75, 3.05) is 5.32 Å². The van der Waals surface area contributed by atoms with E-state index < -0.39 is 0 Å². The fourth-order valence-corrected chi connectivity index (χ4v) is 11.9. The quantitative estimate of drug-likeness (QED) is 0.129. The number of thiophene rings is 1. The molecule has 0 saturated heterocycles. The van der Waals surface area contributed by atoms with Crippen LogP contribution in [0.25, 0.3) is 0 Å². The van der Waals surface area contributed by atoms with E-state index in [0.29, 0.717) is 5.56 Å². The van der Waals surface area contributed by atoms with Gasteiger partial charge in [-0.25, -0.2) is 0 Å². The van der Waals surface area contributed by atoms with Crippen molar-refractivity contribution in [2.24, 2.45) is 0 Å². The minimum absolute atomic E-state index is 0. The Hall–Kier alpha value is -10.3. The number of furan rings is 1. The topological polar surface area (TPSA) is 105 Å². The van der Waals surface area contributed by atoms with Crippen LogP contribution in [0.1, 0.15) is 176 Å². The minimum Gasteiger partial charge on any atom is -0.466 e. The van der Waals surface area contributed by atoms with Gasteiger partial charge in [-0.3, -0.25) is 14.8 Å². The Morgan fingerprint density at radius 2 is 0.571 bits per heavy atom. The molecule has 0 radical (unpaired) electrons.